The molecule has 0 unspecified atom stereocenters. The standard InChI is InChI=1S/C6H8INS.ClH/c7-6-2-1-5(9-6)3-4-8;/h1-2H,3-4,8H2;1H. The fourth-order valence-electron chi connectivity index (χ4n) is 0.628. The van der Waals surface area contributed by atoms with Crippen LogP contribution in [-0.4, -0.2) is 6.54 Å². The lowest BCUT2D eigenvalue weighted by Gasteiger charge is -1.86. The van der Waals surface area contributed by atoms with Crippen LogP contribution in [0.25, 0.3) is 0 Å². The summed E-state index contributed by atoms with van der Waals surface area (Å²) in [4.78, 5) is 1.39. The summed E-state index contributed by atoms with van der Waals surface area (Å²) in [6.45, 7) is 0.761. The smallest absolute Gasteiger partial charge is 0.0656 e. The quantitative estimate of drug-likeness (QED) is 0.831. The third-order valence-electron chi connectivity index (χ3n) is 1.02. The summed E-state index contributed by atoms with van der Waals surface area (Å²) in [7, 11) is 0. The van der Waals surface area contributed by atoms with E-state index in [4.69, 9.17) is 5.73 Å². The zero-order valence-corrected chi connectivity index (χ0v) is 9.13. The number of hydrogen-bond donors (Lipinski definition) is 1. The van der Waals surface area contributed by atoms with E-state index >= 15 is 0 Å². The van der Waals surface area contributed by atoms with Crippen molar-refractivity contribution in [1.82, 2.24) is 0 Å². The van der Waals surface area contributed by atoms with Gasteiger partial charge in [0.25, 0.3) is 0 Å². The van der Waals surface area contributed by atoms with Gasteiger partial charge in [-0.15, -0.1) is 23.7 Å². The van der Waals surface area contributed by atoms with Crippen LogP contribution in [0, 0.1) is 2.88 Å². The summed E-state index contributed by atoms with van der Waals surface area (Å²) in [5.41, 5.74) is 5.37. The highest BCUT2D eigenvalue weighted by Crippen LogP contribution is 2.17. The molecule has 0 spiro atoms. The van der Waals surface area contributed by atoms with Gasteiger partial charge in [-0.3, -0.25) is 0 Å². The molecule has 0 bridgehead atoms. The maximum atomic E-state index is 5.37. The molecular formula is C6H9ClINS. The van der Waals surface area contributed by atoms with Gasteiger partial charge >= 0.3 is 0 Å². The Balaban J connectivity index is 0.000000810. The lowest BCUT2D eigenvalue weighted by molar-refractivity contribution is 0.989. The highest BCUT2D eigenvalue weighted by atomic mass is 127. The Kier molecular flexibility index (Phi) is 5.71. The molecule has 0 atom stereocenters. The Morgan fingerprint density at radius 3 is 2.60 bits per heavy atom. The van der Waals surface area contributed by atoms with E-state index in [9.17, 15) is 0 Å². The molecule has 58 valence electrons. The first kappa shape index (κ1) is 10.7. The largest absolute Gasteiger partial charge is 0.330 e. The van der Waals surface area contributed by atoms with E-state index < -0.39 is 0 Å². The first-order chi connectivity index (χ1) is 4.33. The van der Waals surface area contributed by atoms with Crippen LogP contribution in [-0.2, 0) is 6.42 Å². The monoisotopic (exact) mass is 289 g/mol. The maximum Gasteiger partial charge on any atom is 0.0656 e. The molecule has 4 heteroatoms. The summed E-state index contributed by atoms with van der Waals surface area (Å²) in [6, 6.07) is 4.26. The van der Waals surface area contributed by atoms with Crippen molar-refractivity contribution in [3.05, 3.63) is 19.9 Å². The van der Waals surface area contributed by atoms with Crippen molar-refractivity contribution < 1.29 is 0 Å². The van der Waals surface area contributed by atoms with Crippen molar-refractivity contribution in [3.8, 4) is 0 Å². The first-order valence-corrected chi connectivity index (χ1v) is 4.66. The number of nitrogens with two attached hydrogens (primary N) is 1. The minimum Gasteiger partial charge on any atom is -0.330 e. The van der Waals surface area contributed by atoms with Crippen LogP contribution in [0.4, 0.5) is 0 Å². The average Bonchev–Trinajstić information content (AvgIpc) is 2.17. The molecule has 0 saturated carbocycles. The van der Waals surface area contributed by atoms with E-state index in [1.807, 2.05) is 11.3 Å². The van der Waals surface area contributed by atoms with Gasteiger partial charge in [0, 0.05) is 4.88 Å². The van der Waals surface area contributed by atoms with Crippen LogP contribution >= 0.6 is 46.3 Å². The minimum atomic E-state index is 0. The van der Waals surface area contributed by atoms with Gasteiger partial charge in [0.15, 0.2) is 0 Å². The molecule has 0 aliphatic carbocycles. The summed E-state index contributed by atoms with van der Waals surface area (Å²) in [6.07, 6.45) is 1.02. The molecule has 1 aromatic rings. The molecule has 0 aliphatic rings. The second-order valence-corrected chi connectivity index (χ2v) is 4.81. The topological polar surface area (TPSA) is 26.0 Å². The van der Waals surface area contributed by atoms with Gasteiger partial charge in [-0.2, -0.15) is 0 Å². The molecule has 1 rings (SSSR count). The molecule has 1 heterocycles. The summed E-state index contributed by atoms with van der Waals surface area (Å²) >= 11 is 4.14. The van der Waals surface area contributed by atoms with Gasteiger partial charge in [0.2, 0.25) is 0 Å². The number of thiophene rings is 1. The van der Waals surface area contributed by atoms with Crippen LogP contribution in [0.15, 0.2) is 12.1 Å². The summed E-state index contributed by atoms with van der Waals surface area (Å²) < 4.78 is 1.34. The van der Waals surface area contributed by atoms with Crippen LogP contribution in [0.2, 0.25) is 0 Å². The van der Waals surface area contributed by atoms with Crippen molar-refractivity contribution in [2.75, 3.05) is 6.54 Å². The van der Waals surface area contributed by atoms with Gasteiger partial charge in [-0.25, -0.2) is 0 Å². The molecule has 10 heavy (non-hydrogen) atoms. The minimum absolute atomic E-state index is 0. The second kappa shape index (κ2) is 5.35. The number of hydrogen-bond acceptors (Lipinski definition) is 2. The first-order valence-electron chi connectivity index (χ1n) is 2.77. The van der Waals surface area contributed by atoms with Crippen molar-refractivity contribution in [3.63, 3.8) is 0 Å². The van der Waals surface area contributed by atoms with Crippen molar-refractivity contribution in [2.45, 2.75) is 6.42 Å². The third kappa shape index (κ3) is 3.18. The molecule has 2 N–H and O–H groups in total. The predicted octanol–water partition coefficient (Wildman–Crippen LogP) is 2.28. The normalized spacial score (nSPS) is 9.00. The molecular weight excluding hydrogens is 280 g/mol. The molecule has 0 saturated heterocycles. The van der Waals surface area contributed by atoms with E-state index in [1.54, 1.807) is 0 Å². The SMILES string of the molecule is Cl.NCCc1ccc(I)s1. The fourth-order valence-corrected chi connectivity index (χ4v) is 2.40. The second-order valence-electron chi connectivity index (χ2n) is 1.74. The Morgan fingerprint density at radius 1 is 1.50 bits per heavy atom. The number of halogens is 2. The molecule has 0 aromatic carbocycles. The van der Waals surface area contributed by atoms with Crippen molar-refractivity contribution >= 4 is 46.3 Å². The summed E-state index contributed by atoms with van der Waals surface area (Å²) in [5, 5.41) is 0. The van der Waals surface area contributed by atoms with Crippen molar-refractivity contribution in [2.24, 2.45) is 5.73 Å². The van der Waals surface area contributed by atoms with Gasteiger partial charge in [-0.05, 0) is 47.7 Å². The van der Waals surface area contributed by atoms with Crippen LogP contribution in [0.3, 0.4) is 0 Å². The maximum absolute atomic E-state index is 5.37. The van der Waals surface area contributed by atoms with E-state index in [0.29, 0.717) is 0 Å². The molecule has 0 amide bonds. The van der Waals surface area contributed by atoms with Crippen molar-refractivity contribution in [1.29, 1.82) is 0 Å². The highest BCUT2D eigenvalue weighted by molar-refractivity contribution is 14.1. The molecule has 0 aliphatic heterocycles. The Labute approximate surface area is 84.6 Å². The van der Waals surface area contributed by atoms with Crippen LogP contribution in [0.1, 0.15) is 4.88 Å². The lowest BCUT2D eigenvalue weighted by Crippen LogP contribution is -2.00. The third-order valence-corrected chi connectivity index (χ3v) is 2.97. The Morgan fingerprint density at radius 2 is 2.20 bits per heavy atom. The summed E-state index contributed by atoms with van der Waals surface area (Å²) in [5.74, 6) is 0. The molecule has 1 aromatic heterocycles. The van der Waals surface area contributed by atoms with Crippen LogP contribution in [0.5, 0.6) is 0 Å². The van der Waals surface area contributed by atoms with Gasteiger partial charge in [0.05, 0.1) is 2.88 Å². The highest BCUT2D eigenvalue weighted by Gasteiger charge is 1.93. The molecule has 0 radical (unpaired) electrons. The Hall–Kier alpha value is 0.680. The zero-order valence-electron chi connectivity index (χ0n) is 5.34. The lowest BCUT2D eigenvalue weighted by atomic mass is 10.3. The number of rotatable bonds is 2. The molecule has 0 fully saturated rings. The van der Waals surface area contributed by atoms with E-state index in [-0.39, 0.29) is 12.4 Å². The van der Waals surface area contributed by atoms with E-state index in [1.165, 1.54) is 7.76 Å². The predicted molar refractivity (Wildman–Crippen MR) is 57.0 cm³/mol. The average molecular weight is 290 g/mol. The fraction of sp³-hybridized carbons (Fsp3) is 0.333. The Bertz CT molecular complexity index is 190. The van der Waals surface area contributed by atoms with Gasteiger partial charge < -0.3 is 5.73 Å². The van der Waals surface area contributed by atoms with Gasteiger partial charge in [0.1, 0.15) is 0 Å². The van der Waals surface area contributed by atoms with Crippen LogP contribution < -0.4 is 5.73 Å². The van der Waals surface area contributed by atoms with E-state index in [0.717, 1.165) is 13.0 Å². The van der Waals surface area contributed by atoms with Gasteiger partial charge in [-0.1, -0.05) is 0 Å². The molecule has 1 nitrogen and oxygen atoms in total. The van der Waals surface area contributed by atoms with E-state index in [2.05, 4.69) is 34.7 Å². The zero-order chi connectivity index (χ0) is 6.69.